The van der Waals surface area contributed by atoms with Crippen LogP contribution in [0.5, 0.6) is 11.5 Å². The van der Waals surface area contributed by atoms with Crippen molar-refractivity contribution in [3.8, 4) is 11.5 Å². The maximum absolute atomic E-state index is 12.8. The van der Waals surface area contributed by atoms with Crippen LogP contribution in [0.4, 0.5) is 4.39 Å². The molecule has 146 valence electrons. The van der Waals surface area contributed by atoms with Crippen molar-refractivity contribution in [3.05, 3.63) is 76.0 Å². The van der Waals surface area contributed by atoms with Crippen molar-refractivity contribution >= 4 is 17.2 Å². The highest BCUT2D eigenvalue weighted by molar-refractivity contribution is 7.09. The summed E-state index contributed by atoms with van der Waals surface area (Å²) in [6.45, 7) is 3.07. The molecule has 0 aliphatic heterocycles. The molecule has 7 heteroatoms. The fraction of sp³-hybridized carbons (Fsp3) is 0.238. The van der Waals surface area contributed by atoms with Crippen molar-refractivity contribution in [2.45, 2.75) is 20.0 Å². The Balaban J connectivity index is 1.36. The molecule has 28 heavy (non-hydrogen) atoms. The van der Waals surface area contributed by atoms with Crippen molar-refractivity contribution in [1.82, 2.24) is 10.3 Å². The van der Waals surface area contributed by atoms with E-state index in [-0.39, 0.29) is 18.1 Å². The lowest BCUT2D eigenvalue weighted by molar-refractivity contribution is -0.120. The van der Waals surface area contributed by atoms with Crippen LogP contribution >= 0.6 is 11.3 Å². The van der Waals surface area contributed by atoms with Crippen LogP contribution in [0.1, 0.15) is 16.3 Å². The summed E-state index contributed by atoms with van der Waals surface area (Å²) < 4.78 is 24.0. The van der Waals surface area contributed by atoms with Gasteiger partial charge in [0, 0.05) is 5.38 Å². The van der Waals surface area contributed by atoms with Gasteiger partial charge in [0.15, 0.2) is 0 Å². The number of halogens is 1. The molecule has 0 fully saturated rings. The van der Waals surface area contributed by atoms with Gasteiger partial charge >= 0.3 is 0 Å². The molecule has 0 unspecified atom stereocenters. The molecule has 1 amide bonds. The first-order valence-corrected chi connectivity index (χ1v) is 9.74. The largest absolute Gasteiger partial charge is 0.492 e. The van der Waals surface area contributed by atoms with E-state index in [0.717, 1.165) is 10.8 Å². The molecule has 0 atom stereocenters. The molecular formula is C21H21FN2O3S. The van der Waals surface area contributed by atoms with Crippen LogP contribution in [0.25, 0.3) is 0 Å². The smallest absolute Gasteiger partial charge is 0.226 e. The number of amides is 1. The molecule has 1 heterocycles. The molecule has 0 spiro atoms. The monoisotopic (exact) mass is 400 g/mol. The summed E-state index contributed by atoms with van der Waals surface area (Å²) in [6.07, 6.45) is 0.206. The average Bonchev–Trinajstić information content (AvgIpc) is 3.13. The third kappa shape index (κ3) is 6.35. The SMILES string of the molecule is Cc1ccc(OCc2nc(CC(=O)NCCOc3ccc(F)cc3)cs2)cc1. The van der Waals surface area contributed by atoms with Crippen LogP contribution in [-0.2, 0) is 17.8 Å². The molecule has 0 aliphatic rings. The van der Waals surface area contributed by atoms with Crippen molar-refractivity contribution in [2.75, 3.05) is 13.2 Å². The van der Waals surface area contributed by atoms with Gasteiger partial charge in [0.2, 0.25) is 5.91 Å². The third-order valence-electron chi connectivity index (χ3n) is 3.83. The Kier molecular flexibility index (Phi) is 6.97. The molecule has 0 radical (unpaired) electrons. The van der Waals surface area contributed by atoms with Crippen LogP contribution in [0.2, 0.25) is 0 Å². The summed E-state index contributed by atoms with van der Waals surface area (Å²) >= 11 is 1.47. The van der Waals surface area contributed by atoms with E-state index in [9.17, 15) is 9.18 Å². The summed E-state index contributed by atoms with van der Waals surface area (Å²) in [5.41, 5.74) is 1.89. The minimum absolute atomic E-state index is 0.126. The number of ether oxygens (including phenoxy) is 2. The lowest BCUT2D eigenvalue weighted by Gasteiger charge is -2.07. The molecule has 0 aliphatic carbocycles. The zero-order valence-corrected chi connectivity index (χ0v) is 16.3. The van der Waals surface area contributed by atoms with Crippen molar-refractivity contribution < 1.29 is 18.7 Å². The van der Waals surface area contributed by atoms with Gasteiger partial charge in [-0.05, 0) is 43.3 Å². The van der Waals surface area contributed by atoms with Crippen LogP contribution in [0.15, 0.2) is 53.9 Å². The Morgan fingerprint density at radius 3 is 2.50 bits per heavy atom. The minimum Gasteiger partial charge on any atom is -0.492 e. The van der Waals surface area contributed by atoms with Gasteiger partial charge in [-0.3, -0.25) is 4.79 Å². The fourth-order valence-corrected chi connectivity index (χ4v) is 3.10. The number of aromatic nitrogens is 1. The summed E-state index contributed by atoms with van der Waals surface area (Å²) in [7, 11) is 0. The maximum Gasteiger partial charge on any atom is 0.226 e. The van der Waals surface area contributed by atoms with E-state index in [1.807, 2.05) is 36.6 Å². The number of nitrogens with one attached hydrogen (secondary N) is 1. The number of carbonyl (C=O) groups is 1. The average molecular weight is 400 g/mol. The van der Waals surface area contributed by atoms with Crippen LogP contribution in [0.3, 0.4) is 0 Å². The number of rotatable bonds is 9. The van der Waals surface area contributed by atoms with E-state index in [4.69, 9.17) is 9.47 Å². The third-order valence-corrected chi connectivity index (χ3v) is 4.70. The van der Waals surface area contributed by atoms with Gasteiger partial charge in [-0.1, -0.05) is 17.7 Å². The number of benzene rings is 2. The number of nitrogens with zero attached hydrogens (tertiary/aromatic N) is 1. The lowest BCUT2D eigenvalue weighted by atomic mass is 10.2. The van der Waals surface area contributed by atoms with E-state index < -0.39 is 0 Å². The van der Waals surface area contributed by atoms with Gasteiger partial charge in [0.1, 0.15) is 35.5 Å². The first kappa shape index (κ1) is 19.8. The Hall–Kier alpha value is -2.93. The number of hydrogen-bond donors (Lipinski definition) is 1. The van der Waals surface area contributed by atoms with Crippen LogP contribution in [0, 0.1) is 12.7 Å². The number of thiazole rings is 1. The van der Waals surface area contributed by atoms with E-state index in [1.54, 1.807) is 12.1 Å². The second-order valence-corrected chi connectivity index (χ2v) is 7.11. The zero-order valence-electron chi connectivity index (χ0n) is 15.5. The van der Waals surface area contributed by atoms with E-state index >= 15 is 0 Å². The summed E-state index contributed by atoms with van der Waals surface area (Å²) in [6, 6.07) is 13.6. The van der Waals surface area contributed by atoms with E-state index in [1.165, 1.54) is 29.0 Å². The maximum atomic E-state index is 12.8. The van der Waals surface area contributed by atoms with Crippen LogP contribution in [-0.4, -0.2) is 24.0 Å². The van der Waals surface area contributed by atoms with Gasteiger partial charge in [-0.2, -0.15) is 0 Å². The standard InChI is InChI=1S/C21H21FN2O3S/c1-15-2-6-19(7-3-15)27-13-21-24-17(14-28-21)12-20(25)23-10-11-26-18-8-4-16(22)5-9-18/h2-9,14H,10-13H2,1H3,(H,23,25). The first-order valence-electron chi connectivity index (χ1n) is 8.86. The highest BCUT2D eigenvalue weighted by Crippen LogP contribution is 2.16. The minimum atomic E-state index is -0.312. The van der Waals surface area contributed by atoms with E-state index in [2.05, 4.69) is 10.3 Å². The number of hydrogen-bond acceptors (Lipinski definition) is 5. The highest BCUT2D eigenvalue weighted by Gasteiger charge is 2.08. The van der Waals surface area contributed by atoms with Crippen LogP contribution < -0.4 is 14.8 Å². The normalized spacial score (nSPS) is 10.5. The van der Waals surface area contributed by atoms with Gasteiger partial charge < -0.3 is 14.8 Å². The molecule has 5 nitrogen and oxygen atoms in total. The Morgan fingerprint density at radius 2 is 1.75 bits per heavy atom. The van der Waals surface area contributed by atoms with Crippen molar-refractivity contribution in [3.63, 3.8) is 0 Å². The highest BCUT2D eigenvalue weighted by atomic mass is 32.1. The zero-order chi connectivity index (χ0) is 19.8. The predicted octanol–water partition coefficient (Wildman–Crippen LogP) is 3.91. The summed E-state index contributed by atoms with van der Waals surface area (Å²) in [5.74, 6) is 0.918. The van der Waals surface area contributed by atoms with Gasteiger partial charge in [-0.25, -0.2) is 9.37 Å². The van der Waals surface area contributed by atoms with E-state index in [0.29, 0.717) is 31.2 Å². The van der Waals surface area contributed by atoms with Gasteiger partial charge in [-0.15, -0.1) is 11.3 Å². The van der Waals surface area contributed by atoms with Crippen molar-refractivity contribution in [2.24, 2.45) is 0 Å². The Labute approximate surface area is 167 Å². The Morgan fingerprint density at radius 1 is 1.07 bits per heavy atom. The quantitative estimate of drug-likeness (QED) is 0.554. The molecule has 0 saturated carbocycles. The lowest BCUT2D eigenvalue weighted by Crippen LogP contribution is -2.29. The first-order chi connectivity index (χ1) is 13.6. The number of aryl methyl sites for hydroxylation is 1. The van der Waals surface area contributed by atoms with Gasteiger partial charge in [0.25, 0.3) is 0 Å². The molecule has 2 aromatic carbocycles. The molecule has 3 aromatic rings. The topological polar surface area (TPSA) is 60.5 Å². The summed E-state index contributed by atoms with van der Waals surface area (Å²) in [5, 5.41) is 5.47. The van der Waals surface area contributed by atoms with Crippen molar-refractivity contribution in [1.29, 1.82) is 0 Å². The molecule has 3 rings (SSSR count). The Bertz CT molecular complexity index is 895. The second-order valence-electron chi connectivity index (χ2n) is 6.16. The molecule has 0 bridgehead atoms. The fourth-order valence-electron chi connectivity index (χ4n) is 2.39. The molecular weight excluding hydrogens is 379 g/mol. The predicted molar refractivity (Wildman–Crippen MR) is 106 cm³/mol. The second kappa shape index (κ2) is 9.85. The summed E-state index contributed by atoms with van der Waals surface area (Å²) in [4.78, 5) is 16.4. The number of carbonyl (C=O) groups excluding carboxylic acids is 1. The molecule has 1 N–H and O–H groups in total. The van der Waals surface area contributed by atoms with Gasteiger partial charge in [0.05, 0.1) is 18.7 Å². The molecule has 0 saturated heterocycles. The molecule has 1 aromatic heterocycles.